The van der Waals surface area contributed by atoms with Gasteiger partial charge >= 0.3 is 0 Å². The van der Waals surface area contributed by atoms with Crippen LogP contribution in [0, 0.1) is 0 Å². The molecule has 0 aliphatic carbocycles. The molecular formula is C22H27N3O4. The molecule has 154 valence electrons. The number of benzene rings is 2. The van der Waals surface area contributed by atoms with Gasteiger partial charge in [0.1, 0.15) is 11.5 Å². The number of ether oxygens (including phenoxy) is 2. The molecule has 0 atom stereocenters. The molecule has 2 N–H and O–H groups in total. The van der Waals surface area contributed by atoms with Crippen LogP contribution < -0.4 is 20.2 Å². The first-order valence-electron chi connectivity index (χ1n) is 9.59. The van der Waals surface area contributed by atoms with Crippen molar-refractivity contribution in [3.8, 4) is 11.5 Å². The van der Waals surface area contributed by atoms with Gasteiger partial charge in [0.2, 0.25) is 5.91 Å². The second-order valence-corrected chi connectivity index (χ2v) is 6.30. The van der Waals surface area contributed by atoms with Gasteiger partial charge in [-0.1, -0.05) is 25.5 Å². The molecule has 0 unspecified atom stereocenters. The lowest BCUT2D eigenvalue weighted by atomic mass is 10.2. The number of carbonyl (C=O) groups is 2. The molecule has 2 rings (SSSR count). The number of hydrazone groups is 1. The maximum atomic E-state index is 12.0. The van der Waals surface area contributed by atoms with E-state index in [0.29, 0.717) is 17.9 Å². The van der Waals surface area contributed by atoms with Gasteiger partial charge in [-0.3, -0.25) is 9.59 Å². The van der Waals surface area contributed by atoms with Crippen LogP contribution in [0.3, 0.4) is 0 Å². The zero-order valence-electron chi connectivity index (χ0n) is 16.8. The van der Waals surface area contributed by atoms with E-state index in [-0.39, 0.29) is 24.8 Å². The minimum Gasteiger partial charge on any atom is -0.497 e. The third-order valence-electron chi connectivity index (χ3n) is 4.02. The van der Waals surface area contributed by atoms with Crippen molar-refractivity contribution in [1.29, 1.82) is 0 Å². The fourth-order valence-electron chi connectivity index (χ4n) is 2.39. The van der Waals surface area contributed by atoms with Gasteiger partial charge in [-0.2, -0.15) is 5.10 Å². The smallest absolute Gasteiger partial charge is 0.251 e. The molecule has 29 heavy (non-hydrogen) atoms. The molecule has 0 aliphatic rings. The number of carbonyl (C=O) groups excluding carboxylic acids is 2. The molecule has 7 heteroatoms. The van der Waals surface area contributed by atoms with Crippen LogP contribution in [0.25, 0.3) is 0 Å². The Morgan fingerprint density at radius 3 is 2.62 bits per heavy atom. The lowest BCUT2D eigenvalue weighted by Crippen LogP contribution is -2.29. The first-order valence-corrected chi connectivity index (χ1v) is 9.59. The van der Waals surface area contributed by atoms with Crippen molar-refractivity contribution >= 4 is 18.0 Å². The first kappa shape index (κ1) is 21.9. The highest BCUT2D eigenvalue weighted by molar-refractivity contribution is 5.94. The molecule has 0 spiro atoms. The number of hydrogen-bond acceptors (Lipinski definition) is 5. The van der Waals surface area contributed by atoms with Crippen LogP contribution in [0.4, 0.5) is 0 Å². The molecule has 0 aliphatic heterocycles. The predicted octanol–water partition coefficient (Wildman–Crippen LogP) is 3.14. The number of rotatable bonds is 11. The Kier molecular flexibility index (Phi) is 9.21. The van der Waals surface area contributed by atoms with E-state index in [1.54, 1.807) is 37.6 Å². The Hall–Kier alpha value is -3.35. The van der Waals surface area contributed by atoms with Crippen LogP contribution in [0.5, 0.6) is 11.5 Å². The van der Waals surface area contributed by atoms with E-state index < -0.39 is 0 Å². The van der Waals surface area contributed by atoms with E-state index in [4.69, 9.17) is 9.47 Å². The second-order valence-electron chi connectivity index (χ2n) is 6.30. The Labute approximate surface area is 171 Å². The Bertz CT molecular complexity index is 819. The fraction of sp³-hybridized carbons (Fsp3) is 0.318. The van der Waals surface area contributed by atoms with Crippen LogP contribution in [0.2, 0.25) is 0 Å². The molecule has 0 saturated heterocycles. The van der Waals surface area contributed by atoms with E-state index in [9.17, 15) is 9.59 Å². The number of unbranched alkanes of at least 4 members (excludes halogenated alkanes) is 1. The number of nitrogens with zero attached hydrogens (tertiary/aromatic N) is 1. The number of methoxy groups -OCH3 is 1. The minimum atomic E-state index is -0.286. The van der Waals surface area contributed by atoms with Gasteiger partial charge in [-0.15, -0.1) is 0 Å². The van der Waals surface area contributed by atoms with Crippen molar-refractivity contribution in [1.82, 2.24) is 10.7 Å². The quantitative estimate of drug-likeness (QED) is 0.346. The summed E-state index contributed by atoms with van der Waals surface area (Å²) in [6.45, 7) is 3.00. The highest BCUT2D eigenvalue weighted by Gasteiger charge is 2.06. The van der Waals surface area contributed by atoms with Crippen LogP contribution in [-0.2, 0) is 4.79 Å². The molecule has 0 radical (unpaired) electrons. The van der Waals surface area contributed by atoms with Crippen molar-refractivity contribution in [3.05, 3.63) is 59.7 Å². The van der Waals surface area contributed by atoms with Crippen molar-refractivity contribution < 1.29 is 19.1 Å². The van der Waals surface area contributed by atoms with Crippen molar-refractivity contribution in [2.45, 2.75) is 26.2 Å². The Morgan fingerprint density at radius 1 is 1.10 bits per heavy atom. The SMILES string of the molecule is CCCCOc1cccc(C=NNC(=O)CCNC(=O)c2ccc(OC)cc2)c1. The first-order chi connectivity index (χ1) is 14.1. The van der Waals surface area contributed by atoms with Gasteiger partial charge in [0.15, 0.2) is 0 Å². The average Bonchev–Trinajstić information content (AvgIpc) is 2.74. The lowest BCUT2D eigenvalue weighted by Gasteiger charge is -2.06. The molecule has 2 aromatic rings. The molecular weight excluding hydrogens is 370 g/mol. The zero-order valence-corrected chi connectivity index (χ0v) is 16.8. The molecule has 7 nitrogen and oxygen atoms in total. The van der Waals surface area contributed by atoms with Crippen LogP contribution in [0.1, 0.15) is 42.1 Å². The largest absolute Gasteiger partial charge is 0.497 e. The van der Waals surface area contributed by atoms with Gasteiger partial charge in [0.05, 0.1) is 19.9 Å². The lowest BCUT2D eigenvalue weighted by molar-refractivity contribution is -0.120. The highest BCUT2D eigenvalue weighted by Crippen LogP contribution is 2.13. The van der Waals surface area contributed by atoms with Gasteiger partial charge < -0.3 is 14.8 Å². The third-order valence-corrected chi connectivity index (χ3v) is 4.02. The summed E-state index contributed by atoms with van der Waals surface area (Å²) in [6, 6.07) is 14.2. The monoisotopic (exact) mass is 397 g/mol. The summed E-state index contributed by atoms with van der Waals surface area (Å²) in [5.74, 6) is 0.919. The van der Waals surface area contributed by atoms with E-state index >= 15 is 0 Å². The summed E-state index contributed by atoms with van der Waals surface area (Å²) in [4.78, 5) is 23.9. The minimum absolute atomic E-state index is 0.124. The molecule has 0 aromatic heterocycles. The van der Waals surface area contributed by atoms with E-state index in [0.717, 1.165) is 24.2 Å². The molecule has 0 heterocycles. The number of hydrogen-bond donors (Lipinski definition) is 2. The molecule has 2 amide bonds. The van der Waals surface area contributed by atoms with Gasteiger partial charge in [-0.05, 0) is 48.4 Å². The van der Waals surface area contributed by atoms with Crippen LogP contribution in [-0.4, -0.2) is 38.3 Å². The van der Waals surface area contributed by atoms with E-state index in [1.165, 1.54) is 0 Å². The number of nitrogens with one attached hydrogen (secondary N) is 2. The maximum Gasteiger partial charge on any atom is 0.251 e. The molecule has 0 bridgehead atoms. The summed E-state index contributed by atoms with van der Waals surface area (Å²) >= 11 is 0. The van der Waals surface area contributed by atoms with E-state index in [2.05, 4.69) is 22.8 Å². The topological polar surface area (TPSA) is 89.0 Å². The number of amides is 2. The second kappa shape index (κ2) is 12.2. The predicted molar refractivity (Wildman–Crippen MR) is 113 cm³/mol. The van der Waals surface area contributed by atoms with Crippen molar-refractivity contribution in [2.24, 2.45) is 5.10 Å². The zero-order chi connectivity index (χ0) is 20.9. The summed E-state index contributed by atoms with van der Waals surface area (Å²) in [7, 11) is 1.56. The third kappa shape index (κ3) is 8.04. The summed E-state index contributed by atoms with van der Waals surface area (Å²) in [6.07, 6.45) is 3.76. The Balaban J connectivity index is 1.71. The van der Waals surface area contributed by atoms with Crippen molar-refractivity contribution in [2.75, 3.05) is 20.3 Å². The highest BCUT2D eigenvalue weighted by atomic mass is 16.5. The van der Waals surface area contributed by atoms with Crippen LogP contribution >= 0.6 is 0 Å². The maximum absolute atomic E-state index is 12.0. The normalized spacial score (nSPS) is 10.6. The molecule has 2 aromatic carbocycles. The van der Waals surface area contributed by atoms with Crippen LogP contribution in [0.15, 0.2) is 53.6 Å². The van der Waals surface area contributed by atoms with Gasteiger partial charge in [-0.25, -0.2) is 5.43 Å². The van der Waals surface area contributed by atoms with Gasteiger partial charge in [0, 0.05) is 18.5 Å². The van der Waals surface area contributed by atoms with Gasteiger partial charge in [0.25, 0.3) is 5.91 Å². The van der Waals surface area contributed by atoms with E-state index in [1.807, 2.05) is 24.3 Å². The summed E-state index contributed by atoms with van der Waals surface area (Å²) in [5.41, 5.74) is 3.78. The average molecular weight is 397 g/mol. The Morgan fingerprint density at radius 2 is 1.90 bits per heavy atom. The molecule has 0 fully saturated rings. The summed E-state index contributed by atoms with van der Waals surface area (Å²) < 4.78 is 10.7. The standard InChI is InChI=1S/C22H27N3O4/c1-3-4-14-29-20-7-5-6-17(15-20)16-24-25-21(26)12-13-23-22(27)18-8-10-19(28-2)11-9-18/h5-11,15-16H,3-4,12-14H2,1-2H3,(H,23,27)(H,25,26). The molecule has 0 saturated carbocycles. The van der Waals surface area contributed by atoms with Crippen molar-refractivity contribution in [3.63, 3.8) is 0 Å². The fourth-order valence-corrected chi connectivity index (χ4v) is 2.39. The summed E-state index contributed by atoms with van der Waals surface area (Å²) in [5, 5.41) is 6.65.